The number of aromatic nitrogens is 5. The molecule has 3 heterocycles. The summed E-state index contributed by atoms with van der Waals surface area (Å²) in [6.07, 6.45) is 6.50. The van der Waals surface area contributed by atoms with E-state index in [0.29, 0.717) is 49.4 Å². The molecule has 9 nitrogen and oxygen atoms in total. The maximum atomic E-state index is 13.4. The first-order valence-corrected chi connectivity index (χ1v) is 14.1. The van der Waals surface area contributed by atoms with E-state index in [4.69, 9.17) is 9.47 Å². The molecule has 6 rings (SSSR count). The summed E-state index contributed by atoms with van der Waals surface area (Å²) in [6.45, 7) is 6.46. The molecule has 39 heavy (non-hydrogen) atoms. The highest BCUT2D eigenvalue weighted by Gasteiger charge is 2.30. The summed E-state index contributed by atoms with van der Waals surface area (Å²) >= 11 is 0. The number of hydrogen-bond acceptors (Lipinski definition) is 7. The average Bonchev–Trinajstić information content (AvgIpc) is 3.64. The van der Waals surface area contributed by atoms with Crippen LogP contribution >= 0.6 is 0 Å². The smallest absolute Gasteiger partial charge is 0.252 e. The number of ether oxygens (including phenoxy) is 2. The van der Waals surface area contributed by atoms with Gasteiger partial charge in [0, 0.05) is 30.1 Å². The molecule has 4 aromatic rings. The molecular weight excluding hydrogens is 492 g/mol. The van der Waals surface area contributed by atoms with Gasteiger partial charge in [0.15, 0.2) is 17.3 Å². The predicted molar refractivity (Wildman–Crippen MR) is 149 cm³/mol. The van der Waals surface area contributed by atoms with E-state index in [2.05, 4.69) is 68.2 Å². The van der Waals surface area contributed by atoms with Crippen molar-refractivity contribution in [3.05, 3.63) is 75.3 Å². The number of aryl methyl sites for hydroxylation is 1. The monoisotopic (exact) mass is 528 g/mol. The summed E-state index contributed by atoms with van der Waals surface area (Å²) in [5.41, 5.74) is 3.76. The highest BCUT2D eigenvalue weighted by atomic mass is 16.6. The Morgan fingerprint density at radius 3 is 2.54 bits per heavy atom. The molecule has 0 unspecified atom stereocenters. The molecule has 0 amide bonds. The number of nitrogens with zero attached hydrogens (tertiary/aromatic N) is 5. The van der Waals surface area contributed by atoms with Crippen LogP contribution in [0.2, 0.25) is 0 Å². The minimum atomic E-state index is -0.0984. The Morgan fingerprint density at radius 1 is 1.05 bits per heavy atom. The zero-order valence-electron chi connectivity index (χ0n) is 22.7. The zero-order chi connectivity index (χ0) is 26.8. The number of aromatic amines is 1. The second kappa shape index (κ2) is 11.2. The van der Waals surface area contributed by atoms with Crippen LogP contribution in [0.25, 0.3) is 10.9 Å². The molecule has 0 saturated heterocycles. The number of hydrogen-bond donors (Lipinski definition) is 1. The fraction of sp³-hybridized carbons (Fsp3) is 0.467. The summed E-state index contributed by atoms with van der Waals surface area (Å²) in [4.78, 5) is 18.8. The molecule has 1 saturated carbocycles. The van der Waals surface area contributed by atoms with E-state index in [9.17, 15) is 4.79 Å². The summed E-state index contributed by atoms with van der Waals surface area (Å²) in [5.74, 6) is 2.27. The van der Waals surface area contributed by atoms with Crippen molar-refractivity contribution < 1.29 is 9.47 Å². The minimum Gasteiger partial charge on any atom is -0.486 e. The third-order valence-electron chi connectivity index (χ3n) is 7.95. The summed E-state index contributed by atoms with van der Waals surface area (Å²) in [7, 11) is 0. The highest BCUT2D eigenvalue weighted by molar-refractivity contribution is 5.83. The molecule has 2 aromatic carbocycles. The SMILES string of the molecule is CCC[C@H](c1nnnn1C1CCCC1)N(Cc1ccc(C)cc1)Cc1cc2cc3c(cc2[nH]c1=O)OCCO3. The zero-order valence-corrected chi connectivity index (χ0v) is 22.7. The topological polar surface area (TPSA) is 98.2 Å². The van der Waals surface area contributed by atoms with Gasteiger partial charge < -0.3 is 14.5 Å². The first kappa shape index (κ1) is 25.6. The minimum absolute atomic E-state index is 0.0257. The van der Waals surface area contributed by atoms with Gasteiger partial charge in [-0.15, -0.1) is 5.10 Å². The molecule has 204 valence electrons. The highest BCUT2D eigenvalue weighted by Crippen LogP contribution is 2.36. The van der Waals surface area contributed by atoms with E-state index >= 15 is 0 Å². The van der Waals surface area contributed by atoms with E-state index in [1.807, 2.05) is 18.2 Å². The lowest BCUT2D eigenvalue weighted by Gasteiger charge is -2.31. The third-order valence-corrected chi connectivity index (χ3v) is 7.95. The Morgan fingerprint density at radius 2 is 1.79 bits per heavy atom. The number of rotatable bonds is 9. The van der Waals surface area contributed by atoms with Crippen LogP contribution in [0.5, 0.6) is 11.5 Å². The van der Waals surface area contributed by atoms with Crippen LogP contribution in [0.15, 0.2) is 47.3 Å². The predicted octanol–water partition coefficient (Wildman–Crippen LogP) is 5.25. The second-order valence-electron chi connectivity index (χ2n) is 10.8. The van der Waals surface area contributed by atoms with Crippen LogP contribution in [0, 0.1) is 6.92 Å². The van der Waals surface area contributed by atoms with E-state index in [1.54, 1.807) is 0 Å². The number of pyridine rings is 1. The van der Waals surface area contributed by atoms with Crippen molar-refractivity contribution in [3.63, 3.8) is 0 Å². The quantitative estimate of drug-likeness (QED) is 0.317. The molecule has 9 heteroatoms. The van der Waals surface area contributed by atoms with E-state index in [0.717, 1.165) is 42.4 Å². The van der Waals surface area contributed by atoms with Crippen LogP contribution in [-0.4, -0.2) is 43.3 Å². The number of benzene rings is 2. The van der Waals surface area contributed by atoms with Crippen molar-refractivity contribution in [2.45, 2.75) is 77.5 Å². The van der Waals surface area contributed by atoms with E-state index in [1.165, 1.54) is 24.0 Å². The van der Waals surface area contributed by atoms with Gasteiger partial charge in [-0.05, 0) is 54.3 Å². The van der Waals surface area contributed by atoms with Gasteiger partial charge in [-0.3, -0.25) is 9.69 Å². The Kier molecular flexibility index (Phi) is 7.32. The Labute approximate surface area is 228 Å². The lowest BCUT2D eigenvalue weighted by molar-refractivity contribution is 0.153. The molecular formula is C30H36N6O3. The molecule has 2 aromatic heterocycles. The Hall–Kier alpha value is -3.72. The van der Waals surface area contributed by atoms with Crippen LogP contribution < -0.4 is 15.0 Å². The molecule has 0 radical (unpaired) electrons. The van der Waals surface area contributed by atoms with Crippen molar-refractivity contribution in [3.8, 4) is 11.5 Å². The number of nitrogens with one attached hydrogen (secondary N) is 1. The van der Waals surface area contributed by atoms with Crippen LogP contribution in [0.4, 0.5) is 0 Å². The Bertz CT molecular complexity index is 1490. The number of tetrazole rings is 1. The van der Waals surface area contributed by atoms with Crippen molar-refractivity contribution >= 4 is 10.9 Å². The summed E-state index contributed by atoms with van der Waals surface area (Å²) in [5, 5.41) is 14.0. The first-order chi connectivity index (χ1) is 19.1. The third kappa shape index (κ3) is 5.41. The van der Waals surface area contributed by atoms with Crippen molar-refractivity contribution in [2.75, 3.05) is 13.2 Å². The average molecular weight is 529 g/mol. The van der Waals surface area contributed by atoms with Gasteiger partial charge >= 0.3 is 0 Å². The van der Waals surface area contributed by atoms with Gasteiger partial charge in [-0.25, -0.2) is 4.68 Å². The largest absolute Gasteiger partial charge is 0.486 e. The van der Waals surface area contributed by atoms with Gasteiger partial charge in [0.1, 0.15) is 13.2 Å². The van der Waals surface area contributed by atoms with Gasteiger partial charge in [0.2, 0.25) is 0 Å². The van der Waals surface area contributed by atoms with Gasteiger partial charge in [-0.2, -0.15) is 0 Å². The molecule has 1 N–H and O–H groups in total. The van der Waals surface area contributed by atoms with Gasteiger partial charge in [0.25, 0.3) is 5.56 Å². The standard InChI is InChI=1S/C30H36N6O3/c1-3-6-26(29-32-33-34-36(29)24-7-4-5-8-24)35(18-21-11-9-20(2)10-12-21)19-23-15-22-16-27-28(39-14-13-38-27)17-25(22)31-30(23)37/h9-12,15-17,24,26H,3-8,13-14,18-19H2,1-2H3,(H,31,37)/t26-/m1/s1. The van der Waals surface area contributed by atoms with Crippen LogP contribution in [-0.2, 0) is 13.1 Å². The number of fused-ring (bicyclic) bond motifs is 2. The molecule has 1 atom stereocenters. The van der Waals surface area contributed by atoms with Crippen molar-refractivity contribution in [1.29, 1.82) is 0 Å². The van der Waals surface area contributed by atoms with Gasteiger partial charge in [-0.1, -0.05) is 56.0 Å². The molecule has 1 aliphatic carbocycles. The lowest BCUT2D eigenvalue weighted by atomic mass is 10.0. The maximum Gasteiger partial charge on any atom is 0.252 e. The first-order valence-electron chi connectivity index (χ1n) is 14.1. The van der Waals surface area contributed by atoms with Crippen molar-refractivity contribution in [1.82, 2.24) is 30.1 Å². The fourth-order valence-corrected chi connectivity index (χ4v) is 5.91. The van der Waals surface area contributed by atoms with Crippen LogP contribution in [0.1, 0.15) is 80.0 Å². The van der Waals surface area contributed by atoms with E-state index in [-0.39, 0.29) is 11.6 Å². The molecule has 2 aliphatic rings. The second-order valence-corrected chi connectivity index (χ2v) is 10.8. The molecule has 0 bridgehead atoms. The fourth-order valence-electron chi connectivity index (χ4n) is 5.91. The number of H-pyrrole nitrogens is 1. The molecule has 1 fully saturated rings. The van der Waals surface area contributed by atoms with Crippen LogP contribution in [0.3, 0.4) is 0 Å². The van der Waals surface area contributed by atoms with Gasteiger partial charge in [0.05, 0.1) is 17.6 Å². The van der Waals surface area contributed by atoms with E-state index < -0.39 is 0 Å². The summed E-state index contributed by atoms with van der Waals surface area (Å²) in [6, 6.07) is 14.7. The van der Waals surface area contributed by atoms with Crippen molar-refractivity contribution in [2.24, 2.45) is 0 Å². The lowest BCUT2D eigenvalue weighted by Crippen LogP contribution is -2.33. The molecule has 0 spiro atoms. The normalized spacial score (nSPS) is 16.3. The maximum absolute atomic E-state index is 13.4. The Balaban J connectivity index is 1.39. The molecule has 1 aliphatic heterocycles. The summed E-state index contributed by atoms with van der Waals surface area (Å²) < 4.78 is 13.6.